The Bertz CT molecular complexity index is 1070. The maximum absolute atomic E-state index is 5.35. The van der Waals surface area contributed by atoms with Crippen molar-refractivity contribution < 1.29 is 10.9 Å². The van der Waals surface area contributed by atoms with Crippen molar-refractivity contribution in [3.8, 4) is 11.8 Å². The molecule has 2 aliphatic heterocycles. The van der Waals surface area contributed by atoms with Crippen LogP contribution in [0.3, 0.4) is 0 Å². The molecule has 32 heavy (non-hydrogen) atoms. The number of hydrogen-bond acceptors (Lipinski definition) is 9. The summed E-state index contributed by atoms with van der Waals surface area (Å²) in [4.78, 5) is 17.7. The third kappa shape index (κ3) is 4.37. The normalized spacial score (nSPS) is 17.2. The van der Waals surface area contributed by atoms with E-state index >= 15 is 0 Å². The Morgan fingerprint density at radius 3 is 2.72 bits per heavy atom. The summed E-state index contributed by atoms with van der Waals surface area (Å²) < 4.78 is 12.0. The highest BCUT2D eigenvalue weighted by Gasteiger charge is 2.29. The van der Waals surface area contributed by atoms with Crippen molar-refractivity contribution in [3.05, 3.63) is 42.4 Å². The molecule has 0 radical (unpaired) electrons. The molecule has 0 amide bonds. The van der Waals surface area contributed by atoms with E-state index in [9.17, 15) is 0 Å². The highest BCUT2D eigenvalue weighted by molar-refractivity contribution is 5.64. The highest BCUT2D eigenvalue weighted by Crippen LogP contribution is 2.26. The molecule has 3 aromatic rings. The molecule has 0 saturated carbocycles. The summed E-state index contributed by atoms with van der Waals surface area (Å²) in [5, 5.41) is 7.86. The molecule has 0 aliphatic carbocycles. The summed E-state index contributed by atoms with van der Waals surface area (Å²) in [5.41, 5.74) is 3.49. The first-order chi connectivity index (χ1) is 15.7. The number of aryl methyl sites for hydroxylation is 1. The van der Waals surface area contributed by atoms with Crippen molar-refractivity contribution in [1.82, 2.24) is 29.6 Å². The van der Waals surface area contributed by atoms with Gasteiger partial charge in [-0.05, 0) is 30.2 Å². The zero-order valence-corrected chi connectivity index (χ0v) is 18.4. The topological polar surface area (TPSA) is 93.5 Å². The van der Waals surface area contributed by atoms with Gasteiger partial charge in [-0.3, -0.25) is 4.90 Å². The Kier molecular flexibility index (Phi) is 5.87. The number of benzene rings is 1. The highest BCUT2D eigenvalue weighted by atomic mass is 16.5. The Morgan fingerprint density at radius 2 is 2.00 bits per heavy atom. The fraction of sp³-hybridized carbons (Fsp3) is 0.455. The maximum atomic E-state index is 5.35. The van der Waals surface area contributed by atoms with Gasteiger partial charge in [-0.2, -0.15) is 9.97 Å². The van der Waals surface area contributed by atoms with Crippen LogP contribution in [0.5, 0.6) is 6.01 Å². The lowest BCUT2D eigenvalue weighted by Gasteiger charge is -2.43. The molecule has 0 bridgehead atoms. The molecule has 5 rings (SSSR count). The number of aromatic nitrogens is 5. The molecular weight excluding hydrogens is 408 g/mol. The van der Waals surface area contributed by atoms with E-state index in [4.69, 9.17) is 9.47 Å². The van der Waals surface area contributed by atoms with Gasteiger partial charge in [0.2, 0.25) is 5.95 Å². The van der Waals surface area contributed by atoms with Crippen LogP contribution in [-0.2, 0) is 11.2 Å². The molecule has 4 heterocycles. The summed E-state index contributed by atoms with van der Waals surface area (Å²) in [5.74, 6) is 1.10. The number of ether oxygens (including phenoxy) is 2. The third-order valence-corrected chi connectivity index (χ3v) is 5.99. The number of rotatable bonds is 7. The molecule has 10 heteroatoms. The fourth-order valence-electron chi connectivity index (χ4n) is 4.03. The molecule has 1 N–H and O–H groups in total. The predicted octanol–water partition coefficient (Wildman–Crippen LogP) is 2.14. The first-order valence-electron chi connectivity index (χ1n) is 11.0. The molecule has 2 aliphatic rings. The van der Waals surface area contributed by atoms with E-state index in [-0.39, 0.29) is 7.44 Å². The fourth-order valence-corrected chi connectivity index (χ4v) is 4.03. The largest absolute Gasteiger partial charge is 0.467 e. The summed E-state index contributed by atoms with van der Waals surface area (Å²) in [6, 6.07) is 9.26. The molecule has 1 aromatic carbocycles. The molecule has 0 unspecified atom stereocenters. The van der Waals surface area contributed by atoms with Crippen LogP contribution in [0.25, 0.3) is 5.82 Å². The van der Waals surface area contributed by atoms with Gasteiger partial charge < -0.3 is 19.7 Å². The van der Waals surface area contributed by atoms with Gasteiger partial charge in [-0.25, -0.2) is 9.67 Å². The van der Waals surface area contributed by atoms with Gasteiger partial charge in [-0.1, -0.05) is 6.92 Å². The van der Waals surface area contributed by atoms with Gasteiger partial charge in [0.15, 0.2) is 5.82 Å². The summed E-state index contributed by atoms with van der Waals surface area (Å²) in [6.07, 6.45) is 4.22. The van der Waals surface area contributed by atoms with Crippen molar-refractivity contribution in [2.24, 2.45) is 0 Å². The van der Waals surface area contributed by atoms with Crippen LogP contribution in [-0.4, -0.2) is 82.2 Å². The van der Waals surface area contributed by atoms with Gasteiger partial charge in [0, 0.05) is 51.2 Å². The zero-order valence-electron chi connectivity index (χ0n) is 18.4. The van der Waals surface area contributed by atoms with Crippen LogP contribution in [0.2, 0.25) is 0 Å². The number of anilines is 3. The van der Waals surface area contributed by atoms with Crippen molar-refractivity contribution in [2.75, 3.05) is 56.7 Å². The summed E-state index contributed by atoms with van der Waals surface area (Å²) in [7, 11) is 1.54. The van der Waals surface area contributed by atoms with E-state index in [0.717, 1.165) is 51.5 Å². The number of hydrogen-bond donors (Lipinski definition) is 1. The Morgan fingerprint density at radius 1 is 1.16 bits per heavy atom. The van der Waals surface area contributed by atoms with Crippen molar-refractivity contribution >= 4 is 17.3 Å². The second-order valence-corrected chi connectivity index (χ2v) is 8.00. The number of nitrogens with zero attached hydrogens (tertiary/aromatic N) is 7. The van der Waals surface area contributed by atoms with Gasteiger partial charge in [-0.15, -0.1) is 5.10 Å². The average Bonchev–Trinajstić information content (AvgIpc) is 3.26. The monoisotopic (exact) mass is 438 g/mol. The van der Waals surface area contributed by atoms with Crippen molar-refractivity contribution in [1.29, 1.82) is 0 Å². The van der Waals surface area contributed by atoms with Crippen LogP contribution >= 0.6 is 0 Å². The van der Waals surface area contributed by atoms with Gasteiger partial charge in [0.1, 0.15) is 6.33 Å². The van der Waals surface area contributed by atoms with E-state index < -0.39 is 0 Å². The van der Waals surface area contributed by atoms with E-state index in [0.29, 0.717) is 17.8 Å². The maximum Gasteiger partial charge on any atom is 0.318 e. The third-order valence-electron chi connectivity index (χ3n) is 5.99. The molecule has 10 nitrogen and oxygen atoms in total. The molecule has 0 atom stereocenters. The summed E-state index contributed by atoms with van der Waals surface area (Å²) in [6.45, 7) is 8.11. The number of methoxy groups -OCH3 is 1. The minimum absolute atomic E-state index is 0. The Hall–Kier alpha value is -3.24. The van der Waals surface area contributed by atoms with Crippen molar-refractivity contribution in [2.45, 2.75) is 19.4 Å². The first-order valence-corrected chi connectivity index (χ1v) is 11.0. The SMILES string of the molecule is CCc1cc(Nc2ncn(-c3ccnc(OC)n3)n2)cc(N2CCN(C3COC3)CC2)c1.[HH]. The van der Waals surface area contributed by atoms with E-state index in [1.54, 1.807) is 23.3 Å². The Balaban J connectivity index is 0.00000259. The van der Waals surface area contributed by atoms with Crippen LogP contribution in [0.15, 0.2) is 36.8 Å². The smallest absolute Gasteiger partial charge is 0.318 e. The van der Waals surface area contributed by atoms with E-state index in [1.165, 1.54) is 18.4 Å². The standard InChI is InChI=1S/C22H28N8O2.H2/c1-3-16-10-17(12-18(11-16)28-6-8-29(9-7-28)19-13-32-14-19)25-21-24-15-30(27-21)20-4-5-23-22(26-20)31-2;/h4-5,10-12,15,19H,3,6-9,13-14H2,1-2H3,(H,25,27);1H. The molecule has 170 valence electrons. The van der Waals surface area contributed by atoms with Gasteiger partial charge in [0.25, 0.3) is 0 Å². The van der Waals surface area contributed by atoms with Crippen LogP contribution in [0.4, 0.5) is 17.3 Å². The summed E-state index contributed by atoms with van der Waals surface area (Å²) >= 11 is 0. The molecule has 0 spiro atoms. The quantitative estimate of drug-likeness (QED) is 0.595. The predicted molar refractivity (Wildman–Crippen MR) is 123 cm³/mol. The lowest BCUT2D eigenvalue weighted by Crippen LogP contribution is -2.56. The molecule has 2 aromatic heterocycles. The minimum Gasteiger partial charge on any atom is -0.467 e. The lowest BCUT2D eigenvalue weighted by molar-refractivity contribution is -0.0660. The van der Waals surface area contributed by atoms with Crippen molar-refractivity contribution in [3.63, 3.8) is 0 Å². The van der Waals surface area contributed by atoms with Crippen LogP contribution in [0.1, 0.15) is 13.9 Å². The second-order valence-electron chi connectivity index (χ2n) is 8.00. The minimum atomic E-state index is 0. The van der Waals surface area contributed by atoms with E-state index in [2.05, 4.69) is 60.3 Å². The number of nitrogens with one attached hydrogen (secondary N) is 1. The average molecular weight is 439 g/mol. The molecule has 2 saturated heterocycles. The zero-order chi connectivity index (χ0) is 21.9. The van der Waals surface area contributed by atoms with Gasteiger partial charge in [0.05, 0.1) is 26.4 Å². The molecular formula is C22H30N8O2. The Labute approximate surface area is 188 Å². The van der Waals surface area contributed by atoms with Crippen LogP contribution in [0, 0.1) is 0 Å². The lowest BCUT2D eigenvalue weighted by atomic mass is 10.1. The van der Waals surface area contributed by atoms with E-state index in [1.807, 2.05) is 0 Å². The first kappa shape index (κ1) is 20.7. The van der Waals surface area contributed by atoms with Crippen LogP contribution < -0.4 is 15.0 Å². The van der Waals surface area contributed by atoms with Gasteiger partial charge >= 0.3 is 6.01 Å². The number of piperazine rings is 1. The second kappa shape index (κ2) is 9.09. The molecule has 2 fully saturated rings.